The summed E-state index contributed by atoms with van der Waals surface area (Å²) in [5, 5.41) is 0. The zero-order valence-electron chi connectivity index (χ0n) is 11.7. The van der Waals surface area contributed by atoms with Crippen LogP contribution in [-0.2, 0) is 0 Å². The fourth-order valence-corrected chi connectivity index (χ4v) is 2.22. The number of hydrazine groups is 1. The highest BCUT2D eigenvalue weighted by Crippen LogP contribution is 2.25. The smallest absolute Gasteiger partial charge is 0.0710 e. The molecule has 0 saturated carbocycles. The van der Waals surface area contributed by atoms with Gasteiger partial charge in [0.2, 0.25) is 0 Å². The van der Waals surface area contributed by atoms with Crippen molar-refractivity contribution in [2.45, 2.75) is 13.0 Å². The van der Waals surface area contributed by atoms with E-state index in [-0.39, 0.29) is 6.04 Å². The summed E-state index contributed by atoms with van der Waals surface area (Å²) in [6.07, 6.45) is 0. The van der Waals surface area contributed by atoms with E-state index in [0.29, 0.717) is 0 Å². The predicted octanol–water partition coefficient (Wildman–Crippen LogP) is 2.61. The van der Waals surface area contributed by atoms with Crippen LogP contribution in [0.4, 0.5) is 5.69 Å². The Bertz CT molecular complexity index is 549. The molecular formula is C16H21N3. The first-order valence-electron chi connectivity index (χ1n) is 6.42. The van der Waals surface area contributed by atoms with E-state index in [1.165, 1.54) is 22.4 Å². The van der Waals surface area contributed by atoms with Gasteiger partial charge in [0.1, 0.15) is 0 Å². The van der Waals surface area contributed by atoms with Crippen molar-refractivity contribution in [3.8, 4) is 0 Å². The number of hydrogen-bond donors (Lipinski definition) is 2. The van der Waals surface area contributed by atoms with Gasteiger partial charge in [-0.05, 0) is 30.2 Å². The van der Waals surface area contributed by atoms with Gasteiger partial charge >= 0.3 is 0 Å². The van der Waals surface area contributed by atoms with Gasteiger partial charge < -0.3 is 4.90 Å². The van der Waals surface area contributed by atoms with Gasteiger partial charge in [-0.25, -0.2) is 5.43 Å². The molecule has 0 radical (unpaired) electrons. The van der Waals surface area contributed by atoms with E-state index < -0.39 is 0 Å². The summed E-state index contributed by atoms with van der Waals surface area (Å²) >= 11 is 0. The van der Waals surface area contributed by atoms with Crippen molar-refractivity contribution in [3.63, 3.8) is 0 Å². The van der Waals surface area contributed by atoms with Crippen LogP contribution in [-0.4, -0.2) is 14.1 Å². The van der Waals surface area contributed by atoms with Crippen LogP contribution in [0.1, 0.15) is 22.7 Å². The Morgan fingerprint density at radius 1 is 1.00 bits per heavy atom. The number of rotatable bonds is 4. The number of nitrogens with two attached hydrogens (primary N) is 1. The minimum absolute atomic E-state index is 0.0137. The van der Waals surface area contributed by atoms with Crippen LogP contribution in [0.15, 0.2) is 48.5 Å². The molecule has 3 N–H and O–H groups in total. The second-order valence-electron chi connectivity index (χ2n) is 5.00. The van der Waals surface area contributed by atoms with Gasteiger partial charge in [0.15, 0.2) is 0 Å². The number of nitrogens with one attached hydrogen (secondary N) is 1. The van der Waals surface area contributed by atoms with Crippen LogP contribution in [0.2, 0.25) is 0 Å². The predicted molar refractivity (Wildman–Crippen MR) is 81.1 cm³/mol. The summed E-state index contributed by atoms with van der Waals surface area (Å²) in [6.45, 7) is 2.09. The van der Waals surface area contributed by atoms with Crippen molar-refractivity contribution in [2.75, 3.05) is 19.0 Å². The Balaban J connectivity index is 2.39. The molecule has 2 rings (SSSR count). The monoisotopic (exact) mass is 255 g/mol. The molecule has 0 bridgehead atoms. The van der Waals surface area contributed by atoms with Gasteiger partial charge in [0, 0.05) is 19.8 Å². The lowest BCUT2D eigenvalue weighted by Gasteiger charge is -2.20. The van der Waals surface area contributed by atoms with E-state index in [1.54, 1.807) is 0 Å². The Morgan fingerprint density at radius 2 is 1.63 bits per heavy atom. The number of aryl methyl sites for hydroxylation is 1. The molecule has 19 heavy (non-hydrogen) atoms. The Kier molecular flexibility index (Phi) is 4.20. The van der Waals surface area contributed by atoms with E-state index in [2.05, 4.69) is 65.8 Å². The molecule has 0 spiro atoms. The molecule has 3 nitrogen and oxygen atoms in total. The molecule has 2 aromatic carbocycles. The highest BCUT2D eigenvalue weighted by molar-refractivity contribution is 5.49. The molecule has 0 aliphatic carbocycles. The van der Waals surface area contributed by atoms with E-state index in [4.69, 9.17) is 5.84 Å². The van der Waals surface area contributed by atoms with Crippen LogP contribution in [0.5, 0.6) is 0 Å². The molecular weight excluding hydrogens is 234 g/mol. The normalized spacial score (nSPS) is 12.2. The molecule has 0 amide bonds. The summed E-state index contributed by atoms with van der Waals surface area (Å²) in [7, 11) is 4.08. The largest absolute Gasteiger partial charge is 0.378 e. The maximum absolute atomic E-state index is 5.75. The zero-order chi connectivity index (χ0) is 13.8. The molecule has 0 saturated heterocycles. The minimum atomic E-state index is 0.0137. The van der Waals surface area contributed by atoms with Crippen molar-refractivity contribution < 1.29 is 0 Å². The highest BCUT2D eigenvalue weighted by Gasteiger charge is 2.13. The number of anilines is 1. The third kappa shape index (κ3) is 3.13. The molecule has 100 valence electrons. The lowest BCUT2D eigenvalue weighted by molar-refractivity contribution is 0.636. The fraction of sp³-hybridized carbons (Fsp3) is 0.250. The van der Waals surface area contributed by atoms with Crippen molar-refractivity contribution in [3.05, 3.63) is 65.2 Å². The van der Waals surface area contributed by atoms with Gasteiger partial charge in [-0.1, -0.05) is 42.0 Å². The topological polar surface area (TPSA) is 41.3 Å². The van der Waals surface area contributed by atoms with Crippen molar-refractivity contribution >= 4 is 5.69 Å². The molecule has 1 unspecified atom stereocenters. The number of hydrogen-bond acceptors (Lipinski definition) is 3. The first kappa shape index (κ1) is 13.6. The maximum Gasteiger partial charge on any atom is 0.0710 e. The van der Waals surface area contributed by atoms with Gasteiger partial charge in [-0.15, -0.1) is 0 Å². The standard InChI is InChI=1S/C16H21N3/c1-12-6-4-7-13(10-12)16(18-17)14-8-5-9-15(11-14)19(2)3/h4-11,16,18H,17H2,1-3H3. The Hall–Kier alpha value is -1.84. The van der Waals surface area contributed by atoms with Gasteiger partial charge in [-0.2, -0.15) is 0 Å². The Labute approximate surface area is 115 Å². The van der Waals surface area contributed by atoms with Crippen LogP contribution in [0.25, 0.3) is 0 Å². The van der Waals surface area contributed by atoms with Crippen LogP contribution in [0.3, 0.4) is 0 Å². The van der Waals surface area contributed by atoms with Crippen molar-refractivity contribution in [1.29, 1.82) is 0 Å². The average Bonchev–Trinajstić information content (AvgIpc) is 2.40. The SMILES string of the molecule is Cc1cccc(C(NN)c2cccc(N(C)C)c2)c1. The lowest BCUT2D eigenvalue weighted by Crippen LogP contribution is -2.29. The molecule has 1 atom stereocenters. The van der Waals surface area contributed by atoms with Gasteiger partial charge in [0.25, 0.3) is 0 Å². The van der Waals surface area contributed by atoms with E-state index in [1.807, 2.05) is 14.1 Å². The molecule has 0 aliphatic heterocycles. The molecule has 3 heteroatoms. The fourth-order valence-electron chi connectivity index (χ4n) is 2.22. The average molecular weight is 255 g/mol. The van der Waals surface area contributed by atoms with Crippen molar-refractivity contribution in [2.24, 2.45) is 5.84 Å². The molecule has 0 aromatic heterocycles. The highest BCUT2D eigenvalue weighted by atomic mass is 15.2. The van der Waals surface area contributed by atoms with Crippen LogP contribution in [0, 0.1) is 6.92 Å². The summed E-state index contributed by atoms with van der Waals surface area (Å²) in [5.74, 6) is 5.75. The van der Waals surface area contributed by atoms with Gasteiger partial charge in [-0.3, -0.25) is 5.84 Å². The summed E-state index contributed by atoms with van der Waals surface area (Å²) in [4.78, 5) is 2.09. The van der Waals surface area contributed by atoms with E-state index in [0.717, 1.165) is 0 Å². The zero-order valence-corrected chi connectivity index (χ0v) is 11.7. The van der Waals surface area contributed by atoms with Crippen LogP contribution < -0.4 is 16.2 Å². The summed E-state index contributed by atoms with van der Waals surface area (Å²) in [5.41, 5.74) is 7.66. The second kappa shape index (κ2) is 5.87. The van der Waals surface area contributed by atoms with E-state index in [9.17, 15) is 0 Å². The quantitative estimate of drug-likeness (QED) is 0.652. The van der Waals surface area contributed by atoms with E-state index >= 15 is 0 Å². The summed E-state index contributed by atoms with van der Waals surface area (Å²) in [6, 6.07) is 16.8. The molecule has 2 aromatic rings. The first-order valence-corrected chi connectivity index (χ1v) is 6.42. The Morgan fingerprint density at radius 3 is 2.21 bits per heavy atom. The minimum Gasteiger partial charge on any atom is -0.378 e. The lowest BCUT2D eigenvalue weighted by atomic mass is 9.97. The molecule has 0 aliphatic rings. The molecule has 0 fully saturated rings. The second-order valence-corrected chi connectivity index (χ2v) is 5.00. The summed E-state index contributed by atoms with van der Waals surface area (Å²) < 4.78 is 0. The molecule has 0 heterocycles. The first-order chi connectivity index (χ1) is 9.11. The third-order valence-electron chi connectivity index (χ3n) is 3.26. The van der Waals surface area contributed by atoms with Crippen molar-refractivity contribution in [1.82, 2.24) is 5.43 Å². The maximum atomic E-state index is 5.75. The number of nitrogens with zero attached hydrogens (tertiary/aromatic N) is 1. The van der Waals surface area contributed by atoms with Crippen LogP contribution >= 0.6 is 0 Å². The third-order valence-corrected chi connectivity index (χ3v) is 3.26. The van der Waals surface area contributed by atoms with Gasteiger partial charge in [0.05, 0.1) is 6.04 Å². The number of benzene rings is 2.